The molecule has 0 aliphatic carbocycles. The van der Waals surface area contributed by atoms with Gasteiger partial charge in [-0.3, -0.25) is 4.79 Å². The van der Waals surface area contributed by atoms with Crippen molar-refractivity contribution in [2.24, 2.45) is 0 Å². The fraction of sp³-hybridized carbons (Fsp3) is 0.0952. The van der Waals surface area contributed by atoms with Gasteiger partial charge in [-0.15, -0.1) is 13.2 Å². The first-order valence-electron chi connectivity index (χ1n) is 8.07. The molecule has 0 spiro atoms. The number of carbonyl (C=O) groups excluding carboxylic acids is 1. The van der Waals surface area contributed by atoms with Crippen LogP contribution < -0.4 is 9.47 Å². The third-order valence-electron chi connectivity index (χ3n) is 3.78. The predicted molar refractivity (Wildman–Crippen MR) is 94.7 cm³/mol. The van der Waals surface area contributed by atoms with E-state index in [1.165, 1.54) is 24.3 Å². The van der Waals surface area contributed by atoms with Crippen LogP contribution in [0.5, 0.6) is 11.5 Å². The van der Waals surface area contributed by atoms with Crippen LogP contribution in [0.25, 0.3) is 11.1 Å². The first-order valence-corrected chi connectivity index (χ1v) is 8.07. The Balaban J connectivity index is 2.00. The molecule has 0 heterocycles. The van der Waals surface area contributed by atoms with Crippen molar-refractivity contribution in [2.45, 2.75) is 13.0 Å². The Kier molecular flexibility index (Phi) is 5.45. The molecule has 0 aromatic heterocycles. The fourth-order valence-corrected chi connectivity index (χ4v) is 2.60. The van der Waals surface area contributed by atoms with E-state index in [0.29, 0.717) is 23.2 Å². The normalized spacial score (nSPS) is 11.1. The van der Waals surface area contributed by atoms with Crippen LogP contribution in [-0.4, -0.2) is 12.6 Å². The Bertz CT molecular complexity index is 921. The molecular formula is C21H15F3O3. The van der Waals surface area contributed by atoms with E-state index in [0.717, 1.165) is 5.56 Å². The highest BCUT2D eigenvalue weighted by atomic mass is 19.4. The first kappa shape index (κ1) is 18.5. The number of halogens is 3. The van der Waals surface area contributed by atoms with Crippen molar-refractivity contribution < 1.29 is 27.4 Å². The van der Waals surface area contributed by atoms with E-state index in [9.17, 15) is 18.0 Å². The Labute approximate surface area is 154 Å². The minimum atomic E-state index is -4.83. The average molecular weight is 372 g/mol. The molecule has 3 aromatic rings. The summed E-state index contributed by atoms with van der Waals surface area (Å²) < 4.78 is 48.2. The molecule has 0 saturated carbocycles. The number of ether oxygens (including phenoxy) is 2. The van der Waals surface area contributed by atoms with Crippen LogP contribution >= 0.6 is 0 Å². The molecule has 3 rings (SSSR count). The van der Waals surface area contributed by atoms with Crippen molar-refractivity contribution in [3.8, 4) is 22.6 Å². The quantitative estimate of drug-likeness (QED) is 0.525. The number of benzene rings is 3. The van der Waals surface area contributed by atoms with Crippen LogP contribution in [0.15, 0.2) is 72.8 Å². The lowest BCUT2D eigenvalue weighted by Gasteiger charge is -2.16. The summed E-state index contributed by atoms with van der Waals surface area (Å²) in [7, 11) is 0. The predicted octanol–water partition coefficient (Wildman–Crippen LogP) is 5.64. The molecule has 0 fully saturated rings. The molecule has 0 unspecified atom stereocenters. The second-order valence-corrected chi connectivity index (χ2v) is 5.69. The van der Waals surface area contributed by atoms with Crippen molar-refractivity contribution in [2.75, 3.05) is 0 Å². The van der Waals surface area contributed by atoms with Gasteiger partial charge >= 0.3 is 6.36 Å². The maximum atomic E-state index is 12.7. The number of alkyl halides is 3. The lowest BCUT2D eigenvalue weighted by molar-refractivity contribution is -0.274. The first-order chi connectivity index (χ1) is 13.0. The molecule has 3 nitrogen and oxygen atoms in total. The lowest BCUT2D eigenvalue weighted by Crippen LogP contribution is -2.17. The monoisotopic (exact) mass is 372 g/mol. The third-order valence-corrected chi connectivity index (χ3v) is 3.78. The van der Waals surface area contributed by atoms with Crippen molar-refractivity contribution in [3.05, 3.63) is 83.9 Å². The minimum Gasteiger partial charge on any atom is -0.488 e. The summed E-state index contributed by atoms with van der Waals surface area (Å²) in [6.07, 6.45) is -4.21. The molecule has 0 bridgehead atoms. The number of para-hydroxylation sites is 1. The Hall–Kier alpha value is -3.28. The maximum Gasteiger partial charge on any atom is 0.573 e. The molecule has 0 radical (unpaired) electrons. The summed E-state index contributed by atoms with van der Waals surface area (Å²) >= 11 is 0. The van der Waals surface area contributed by atoms with Crippen LogP contribution in [0.1, 0.15) is 15.9 Å². The summed E-state index contributed by atoms with van der Waals surface area (Å²) in [5, 5.41) is 0. The summed E-state index contributed by atoms with van der Waals surface area (Å²) in [4.78, 5) is 11.1. The molecule has 0 atom stereocenters. The Morgan fingerprint density at radius 2 is 1.52 bits per heavy atom. The molecule has 3 aromatic carbocycles. The summed E-state index contributed by atoms with van der Waals surface area (Å²) in [5.41, 5.74) is 1.75. The third kappa shape index (κ3) is 4.88. The summed E-state index contributed by atoms with van der Waals surface area (Å²) in [6, 6.07) is 19.7. The smallest absolute Gasteiger partial charge is 0.488 e. The summed E-state index contributed by atoms with van der Waals surface area (Å²) in [6.45, 7) is 0.233. The van der Waals surface area contributed by atoms with Gasteiger partial charge in [0.25, 0.3) is 0 Å². The molecule has 0 saturated heterocycles. The Morgan fingerprint density at radius 1 is 0.815 bits per heavy atom. The van der Waals surface area contributed by atoms with Gasteiger partial charge in [-0.2, -0.15) is 0 Å². The van der Waals surface area contributed by atoms with E-state index < -0.39 is 6.36 Å². The number of carbonyl (C=O) groups is 1. The highest BCUT2D eigenvalue weighted by Gasteiger charge is 2.32. The standard InChI is InChI=1S/C21H15F3O3/c22-21(23,24)27-20-9-5-4-8-17(20)18-12-16(13-25)10-11-19(18)26-14-15-6-2-1-3-7-15/h1-13H,14H2. The van der Waals surface area contributed by atoms with E-state index in [1.54, 1.807) is 18.2 Å². The van der Waals surface area contributed by atoms with Crippen molar-refractivity contribution in [1.29, 1.82) is 0 Å². The minimum absolute atomic E-state index is 0.182. The summed E-state index contributed by atoms with van der Waals surface area (Å²) in [5.74, 6) is -0.0136. The van der Waals surface area contributed by atoms with Crippen molar-refractivity contribution >= 4 is 6.29 Å². The van der Waals surface area contributed by atoms with E-state index in [4.69, 9.17) is 4.74 Å². The molecular weight excluding hydrogens is 357 g/mol. The van der Waals surface area contributed by atoms with Crippen molar-refractivity contribution in [1.82, 2.24) is 0 Å². The van der Waals surface area contributed by atoms with Gasteiger partial charge in [0.2, 0.25) is 0 Å². The zero-order chi connectivity index (χ0) is 19.3. The molecule has 0 aliphatic heterocycles. The molecule has 27 heavy (non-hydrogen) atoms. The van der Waals surface area contributed by atoms with Gasteiger partial charge in [-0.05, 0) is 29.8 Å². The van der Waals surface area contributed by atoms with Crippen LogP contribution in [0.3, 0.4) is 0 Å². The zero-order valence-electron chi connectivity index (χ0n) is 14.1. The van der Waals surface area contributed by atoms with Gasteiger partial charge < -0.3 is 9.47 Å². The fourth-order valence-electron chi connectivity index (χ4n) is 2.60. The van der Waals surface area contributed by atoms with E-state index >= 15 is 0 Å². The zero-order valence-corrected chi connectivity index (χ0v) is 14.1. The van der Waals surface area contributed by atoms with Crippen LogP contribution in [0, 0.1) is 0 Å². The van der Waals surface area contributed by atoms with Gasteiger partial charge in [0.1, 0.15) is 24.4 Å². The number of hydrogen-bond acceptors (Lipinski definition) is 3. The number of rotatable bonds is 6. The second-order valence-electron chi connectivity index (χ2n) is 5.69. The largest absolute Gasteiger partial charge is 0.573 e. The highest BCUT2D eigenvalue weighted by Crippen LogP contribution is 2.39. The second kappa shape index (κ2) is 7.95. The SMILES string of the molecule is O=Cc1ccc(OCc2ccccc2)c(-c2ccccc2OC(F)(F)F)c1. The van der Waals surface area contributed by atoms with Gasteiger partial charge in [-0.25, -0.2) is 0 Å². The topological polar surface area (TPSA) is 35.5 Å². The van der Waals surface area contributed by atoms with Gasteiger partial charge in [0, 0.05) is 16.7 Å². The van der Waals surface area contributed by atoms with E-state index in [-0.39, 0.29) is 17.9 Å². The van der Waals surface area contributed by atoms with Crippen LogP contribution in [0.4, 0.5) is 13.2 Å². The van der Waals surface area contributed by atoms with Crippen molar-refractivity contribution in [3.63, 3.8) is 0 Å². The van der Waals surface area contributed by atoms with E-state index in [1.807, 2.05) is 30.3 Å². The molecule has 0 N–H and O–H groups in total. The van der Waals surface area contributed by atoms with E-state index in [2.05, 4.69) is 4.74 Å². The van der Waals surface area contributed by atoms with Crippen LogP contribution in [-0.2, 0) is 6.61 Å². The van der Waals surface area contributed by atoms with Gasteiger partial charge in [0.15, 0.2) is 0 Å². The molecule has 6 heteroatoms. The molecule has 0 amide bonds. The number of aldehydes is 1. The van der Waals surface area contributed by atoms with Crippen LogP contribution in [0.2, 0.25) is 0 Å². The van der Waals surface area contributed by atoms with Gasteiger partial charge in [0.05, 0.1) is 0 Å². The highest BCUT2D eigenvalue weighted by molar-refractivity contribution is 5.83. The molecule has 0 aliphatic rings. The number of hydrogen-bond donors (Lipinski definition) is 0. The average Bonchev–Trinajstić information content (AvgIpc) is 2.66. The van der Waals surface area contributed by atoms with Gasteiger partial charge in [-0.1, -0.05) is 48.5 Å². The maximum absolute atomic E-state index is 12.7. The molecule has 138 valence electrons. The lowest BCUT2D eigenvalue weighted by atomic mass is 10.0. The Morgan fingerprint density at radius 3 is 2.22 bits per heavy atom.